The highest BCUT2D eigenvalue weighted by Gasteiger charge is 2.66. The molecule has 0 unspecified atom stereocenters. The molecule has 3 aliphatic rings. The molecule has 2 aliphatic carbocycles. The van der Waals surface area contributed by atoms with Crippen molar-refractivity contribution in [2.45, 2.75) is 22.3 Å². The van der Waals surface area contributed by atoms with E-state index in [1.807, 2.05) is 0 Å². The first kappa shape index (κ1) is 24.5. The summed E-state index contributed by atoms with van der Waals surface area (Å²) in [7, 11) is 0. The SMILES string of the molecule is O=C(COC(=O)CN1C(=O)[C@@H]2[C@H]3C[C@@H]([C@H](Br)[C@@H]3Br)[C@@H]2C1=O)Nc1cc(C(F)(F)F)ccc1Cl. The van der Waals surface area contributed by atoms with Gasteiger partial charge in [0.15, 0.2) is 6.61 Å². The number of ether oxygens (including phenoxy) is 1. The van der Waals surface area contributed by atoms with Gasteiger partial charge in [-0.2, -0.15) is 13.2 Å². The van der Waals surface area contributed by atoms with Gasteiger partial charge in [0.1, 0.15) is 6.54 Å². The topological polar surface area (TPSA) is 92.8 Å². The van der Waals surface area contributed by atoms with Crippen LogP contribution in [0.1, 0.15) is 12.0 Å². The number of anilines is 1. The Morgan fingerprint density at radius 3 is 2.24 bits per heavy atom. The lowest BCUT2D eigenvalue weighted by Gasteiger charge is -2.28. The van der Waals surface area contributed by atoms with E-state index >= 15 is 0 Å². The van der Waals surface area contributed by atoms with Gasteiger partial charge in [0, 0.05) is 9.65 Å². The summed E-state index contributed by atoms with van der Waals surface area (Å²) in [5, 5.41) is 2.01. The van der Waals surface area contributed by atoms with Gasteiger partial charge in [-0.05, 0) is 36.5 Å². The van der Waals surface area contributed by atoms with Gasteiger partial charge in [0.05, 0.1) is 28.1 Å². The molecular formula is C20H16Br2ClF3N2O5. The van der Waals surface area contributed by atoms with E-state index < -0.39 is 60.4 Å². The number of hydrogen-bond acceptors (Lipinski definition) is 5. The highest BCUT2D eigenvalue weighted by atomic mass is 79.9. The van der Waals surface area contributed by atoms with E-state index in [4.69, 9.17) is 16.3 Å². The van der Waals surface area contributed by atoms with Gasteiger partial charge >= 0.3 is 12.1 Å². The monoisotopic (exact) mass is 614 g/mol. The van der Waals surface area contributed by atoms with Crippen LogP contribution in [-0.4, -0.2) is 51.4 Å². The van der Waals surface area contributed by atoms with Crippen LogP contribution < -0.4 is 5.32 Å². The fourth-order valence-corrected chi connectivity index (χ4v) is 6.91. The second kappa shape index (κ2) is 8.84. The minimum Gasteiger partial charge on any atom is -0.454 e. The van der Waals surface area contributed by atoms with E-state index in [1.54, 1.807) is 0 Å². The maximum Gasteiger partial charge on any atom is 0.416 e. The van der Waals surface area contributed by atoms with E-state index in [1.165, 1.54) is 0 Å². The van der Waals surface area contributed by atoms with Crippen molar-refractivity contribution in [3.8, 4) is 0 Å². The Labute approximate surface area is 207 Å². The van der Waals surface area contributed by atoms with E-state index in [2.05, 4.69) is 37.2 Å². The number of nitrogens with zero attached hydrogens (tertiary/aromatic N) is 1. The number of likely N-dealkylation sites (tertiary alicyclic amines) is 1. The van der Waals surface area contributed by atoms with Crippen LogP contribution in [0.15, 0.2) is 18.2 Å². The molecule has 13 heteroatoms. The van der Waals surface area contributed by atoms with Gasteiger partial charge in [0.2, 0.25) is 11.8 Å². The number of carbonyl (C=O) groups excluding carboxylic acids is 4. The van der Waals surface area contributed by atoms with Gasteiger partial charge in [0.25, 0.3) is 5.91 Å². The Balaban J connectivity index is 1.33. The van der Waals surface area contributed by atoms with Crippen molar-refractivity contribution in [2.24, 2.45) is 23.7 Å². The fourth-order valence-electron chi connectivity index (χ4n) is 4.87. The molecule has 1 N–H and O–H groups in total. The van der Waals surface area contributed by atoms with Crippen LogP contribution in [0.4, 0.5) is 18.9 Å². The van der Waals surface area contributed by atoms with Gasteiger partial charge in [-0.1, -0.05) is 43.5 Å². The molecule has 1 saturated heterocycles. The van der Waals surface area contributed by atoms with Crippen LogP contribution in [-0.2, 0) is 30.1 Å². The smallest absolute Gasteiger partial charge is 0.416 e. The summed E-state index contributed by atoms with van der Waals surface area (Å²) in [4.78, 5) is 50.8. The van der Waals surface area contributed by atoms with Crippen LogP contribution in [0.3, 0.4) is 0 Å². The van der Waals surface area contributed by atoms with E-state index in [0.29, 0.717) is 6.07 Å². The Hall–Kier alpha value is -1.66. The number of nitrogens with one attached hydrogen (secondary N) is 1. The van der Waals surface area contributed by atoms with Crippen LogP contribution in [0.2, 0.25) is 5.02 Å². The first-order valence-corrected chi connectivity index (χ1v) is 12.1. The van der Waals surface area contributed by atoms with Gasteiger partial charge < -0.3 is 10.1 Å². The number of amides is 3. The molecule has 1 aromatic rings. The number of alkyl halides is 5. The van der Waals surface area contributed by atoms with E-state index in [9.17, 15) is 32.3 Å². The fraction of sp³-hybridized carbons (Fsp3) is 0.500. The molecule has 0 radical (unpaired) electrons. The third-order valence-corrected chi connectivity index (χ3v) is 9.83. The lowest BCUT2D eigenvalue weighted by molar-refractivity contribution is -0.154. The standard InChI is InChI=1S/C20H16Br2ClF3N2O5/c21-16-8-4-9(17(16)22)15-14(8)18(31)28(19(15)32)5-13(30)33-6-12(29)27-11-3-7(20(24,25)26)1-2-10(11)23/h1-3,8-9,14-17H,4-6H2,(H,27,29)/t8-,9-,14-,15+,16-,17+/m1/s1. The maximum atomic E-state index is 12.8. The highest BCUT2D eigenvalue weighted by Crippen LogP contribution is 2.60. The van der Waals surface area contributed by atoms with Crippen molar-refractivity contribution < 1.29 is 37.1 Å². The summed E-state index contributed by atoms with van der Waals surface area (Å²) < 4.78 is 43.3. The Kier molecular flexibility index (Phi) is 6.56. The van der Waals surface area contributed by atoms with Crippen LogP contribution in [0.25, 0.3) is 0 Å². The van der Waals surface area contributed by atoms with Crippen molar-refractivity contribution >= 4 is 72.8 Å². The number of halogens is 6. The summed E-state index contributed by atoms with van der Waals surface area (Å²) in [5.41, 5.74) is -1.31. The number of benzene rings is 1. The zero-order valence-electron chi connectivity index (χ0n) is 16.6. The summed E-state index contributed by atoms with van der Waals surface area (Å²) in [6.45, 7) is -1.46. The zero-order valence-corrected chi connectivity index (χ0v) is 20.5. The minimum absolute atomic E-state index is 0.00941. The summed E-state index contributed by atoms with van der Waals surface area (Å²) in [6, 6.07) is 2.40. The van der Waals surface area contributed by atoms with Crippen LogP contribution >= 0.6 is 43.5 Å². The molecule has 3 fully saturated rings. The number of fused-ring (bicyclic) bond motifs is 5. The van der Waals surface area contributed by atoms with Gasteiger partial charge in [-0.3, -0.25) is 24.1 Å². The number of imide groups is 1. The normalized spacial score (nSPS) is 30.5. The number of hydrogen-bond donors (Lipinski definition) is 1. The summed E-state index contributed by atoms with van der Waals surface area (Å²) >= 11 is 12.9. The van der Waals surface area contributed by atoms with Crippen LogP contribution in [0, 0.1) is 23.7 Å². The highest BCUT2D eigenvalue weighted by molar-refractivity contribution is 9.12. The molecule has 1 heterocycles. The first-order chi connectivity index (χ1) is 15.4. The van der Waals surface area contributed by atoms with Crippen molar-refractivity contribution in [3.05, 3.63) is 28.8 Å². The maximum absolute atomic E-state index is 12.8. The third-order valence-electron chi connectivity index (χ3n) is 6.30. The molecular weight excluding hydrogens is 600 g/mol. The molecule has 4 rings (SSSR count). The molecule has 0 aromatic heterocycles. The lowest BCUT2D eigenvalue weighted by atomic mass is 9.81. The molecule has 178 valence electrons. The summed E-state index contributed by atoms with van der Waals surface area (Å²) in [6.07, 6.45) is -3.89. The number of esters is 1. The molecule has 1 aliphatic heterocycles. The number of carbonyl (C=O) groups is 4. The van der Waals surface area contributed by atoms with Crippen molar-refractivity contribution in [3.63, 3.8) is 0 Å². The van der Waals surface area contributed by atoms with Gasteiger partial charge in [-0.25, -0.2) is 0 Å². The predicted octanol–water partition coefficient (Wildman–Crippen LogP) is 3.62. The minimum atomic E-state index is -4.63. The van der Waals surface area contributed by atoms with Crippen molar-refractivity contribution in [1.29, 1.82) is 0 Å². The Bertz CT molecular complexity index is 1010. The third kappa shape index (κ3) is 4.41. The Morgan fingerprint density at radius 1 is 1.12 bits per heavy atom. The first-order valence-electron chi connectivity index (χ1n) is 9.85. The lowest BCUT2D eigenvalue weighted by Crippen LogP contribution is -2.38. The molecule has 6 atom stereocenters. The second-order valence-electron chi connectivity index (χ2n) is 8.17. The molecule has 0 spiro atoms. The molecule has 1 aromatic carbocycles. The molecule has 33 heavy (non-hydrogen) atoms. The molecule has 7 nitrogen and oxygen atoms in total. The molecule has 3 amide bonds. The van der Waals surface area contributed by atoms with E-state index in [-0.39, 0.29) is 32.2 Å². The van der Waals surface area contributed by atoms with Crippen molar-refractivity contribution in [2.75, 3.05) is 18.5 Å². The average molecular weight is 617 g/mol. The van der Waals surface area contributed by atoms with Gasteiger partial charge in [-0.15, -0.1) is 0 Å². The number of rotatable bonds is 5. The average Bonchev–Trinajstić information content (AvgIpc) is 3.34. The Morgan fingerprint density at radius 2 is 1.70 bits per heavy atom. The molecule has 2 bridgehead atoms. The van der Waals surface area contributed by atoms with Crippen LogP contribution in [0.5, 0.6) is 0 Å². The van der Waals surface area contributed by atoms with E-state index in [0.717, 1.165) is 23.5 Å². The predicted molar refractivity (Wildman–Crippen MR) is 117 cm³/mol. The molecule has 2 saturated carbocycles. The van der Waals surface area contributed by atoms with Crippen molar-refractivity contribution in [1.82, 2.24) is 4.90 Å². The quantitative estimate of drug-likeness (QED) is 0.310. The second-order valence-corrected chi connectivity index (χ2v) is 10.7. The largest absolute Gasteiger partial charge is 0.454 e. The summed E-state index contributed by atoms with van der Waals surface area (Å²) in [5.74, 6) is -3.77. The zero-order chi connectivity index (χ0) is 24.2.